The van der Waals surface area contributed by atoms with Crippen LogP contribution in [-0.2, 0) is 9.47 Å². The van der Waals surface area contributed by atoms with Crippen LogP contribution in [0.15, 0.2) is 16.6 Å². The van der Waals surface area contributed by atoms with Crippen molar-refractivity contribution in [3.05, 3.63) is 11.6 Å². The van der Waals surface area contributed by atoms with Crippen molar-refractivity contribution in [1.29, 1.82) is 0 Å². The maximum Gasteiger partial charge on any atom is 0.193 e. The summed E-state index contributed by atoms with van der Waals surface area (Å²) in [5.74, 6) is 1.65. The van der Waals surface area contributed by atoms with Gasteiger partial charge in [0.25, 0.3) is 0 Å². The number of rotatable bonds is 8. The molecule has 0 bridgehead atoms. The van der Waals surface area contributed by atoms with Gasteiger partial charge >= 0.3 is 0 Å². The average Bonchev–Trinajstić information content (AvgIpc) is 3.05. The van der Waals surface area contributed by atoms with Gasteiger partial charge in [-0.05, 0) is 38.5 Å². The zero-order chi connectivity index (χ0) is 16.3. The Kier molecular flexibility index (Phi) is 11.7. The summed E-state index contributed by atoms with van der Waals surface area (Å²) in [7, 11) is 3.59. The standard InChI is InChI=1S/C18H33N3O2.HI/c1-19-18(20-10-8-16-6-4-3-5-7-16)21-11-9-17(14-21)15-23-13-12-22-2;/h6,17H,3-5,7-15H2,1-2H3,(H,19,20);1H. The fourth-order valence-corrected chi connectivity index (χ4v) is 3.35. The van der Waals surface area contributed by atoms with Crippen LogP contribution in [0, 0.1) is 5.92 Å². The van der Waals surface area contributed by atoms with Crippen LogP contribution >= 0.6 is 24.0 Å². The SMILES string of the molecule is CN=C(NCCC1=CCCCC1)N1CCC(COCCOC)C1.I. The lowest BCUT2D eigenvalue weighted by Crippen LogP contribution is -2.40. The molecule has 0 aromatic carbocycles. The van der Waals surface area contributed by atoms with Crippen molar-refractivity contribution in [1.82, 2.24) is 10.2 Å². The lowest BCUT2D eigenvalue weighted by atomic mass is 9.97. The van der Waals surface area contributed by atoms with Gasteiger partial charge in [-0.2, -0.15) is 0 Å². The third-order valence-corrected chi connectivity index (χ3v) is 4.70. The van der Waals surface area contributed by atoms with E-state index in [2.05, 4.69) is 21.3 Å². The van der Waals surface area contributed by atoms with Crippen LogP contribution < -0.4 is 5.32 Å². The van der Waals surface area contributed by atoms with E-state index >= 15 is 0 Å². The molecule has 0 aromatic heterocycles. The molecule has 5 nitrogen and oxygen atoms in total. The van der Waals surface area contributed by atoms with Gasteiger partial charge in [-0.25, -0.2) is 0 Å². The van der Waals surface area contributed by atoms with Crippen LogP contribution in [0.5, 0.6) is 0 Å². The molecule has 1 N–H and O–H groups in total. The Morgan fingerprint density at radius 1 is 1.38 bits per heavy atom. The number of hydrogen-bond donors (Lipinski definition) is 1. The van der Waals surface area contributed by atoms with Crippen LogP contribution in [0.1, 0.15) is 38.5 Å². The molecule has 1 aliphatic heterocycles. The Bertz CT molecular complexity index is 402. The second kappa shape index (κ2) is 12.9. The van der Waals surface area contributed by atoms with Crippen LogP contribution in [-0.4, -0.2) is 64.5 Å². The summed E-state index contributed by atoms with van der Waals surface area (Å²) < 4.78 is 10.7. The number of guanidine groups is 1. The third-order valence-electron chi connectivity index (χ3n) is 4.70. The van der Waals surface area contributed by atoms with E-state index < -0.39 is 0 Å². The van der Waals surface area contributed by atoms with Crippen LogP contribution in [0.3, 0.4) is 0 Å². The largest absolute Gasteiger partial charge is 0.382 e. The smallest absolute Gasteiger partial charge is 0.193 e. The first kappa shape index (κ1) is 21.7. The minimum atomic E-state index is 0. The summed E-state index contributed by atoms with van der Waals surface area (Å²) in [6.45, 7) is 5.29. The molecule has 1 atom stereocenters. The predicted molar refractivity (Wildman–Crippen MR) is 110 cm³/mol. The predicted octanol–water partition coefficient (Wildman–Crippen LogP) is 3.06. The molecule has 1 aliphatic carbocycles. The number of hydrogen-bond acceptors (Lipinski definition) is 3. The molecule has 0 amide bonds. The molecule has 1 unspecified atom stereocenters. The van der Waals surface area contributed by atoms with Crippen LogP contribution in [0.2, 0.25) is 0 Å². The van der Waals surface area contributed by atoms with Crippen molar-refractivity contribution in [2.75, 3.05) is 53.6 Å². The highest BCUT2D eigenvalue weighted by atomic mass is 127. The number of methoxy groups -OCH3 is 1. The normalized spacial score (nSPS) is 21.4. The molecule has 24 heavy (non-hydrogen) atoms. The van der Waals surface area contributed by atoms with Crippen molar-refractivity contribution < 1.29 is 9.47 Å². The summed E-state index contributed by atoms with van der Waals surface area (Å²) >= 11 is 0. The molecular formula is C18H34IN3O2. The monoisotopic (exact) mass is 451 g/mol. The number of likely N-dealkylation sites (tertiary alicyclic amines) is 1. The van der Waals surface area contributed by atoms with Gasteiger partial charge in [0.05, 0.1) is 19.8 Å². The summed E-state index contributed by atoms with van der Waals surface area (Å²) in [6, 6.07) is 0. The lowest BCUT2D eigenvalue weighted by Gasteiger charge is -2.22. The molecule has 0 radical (unpaired) electrons. The zero-order valence-electron chi connectivity index (χ0n) is 15.3. The van der Waals surface area contributed by atoms with Gasteiger partial charge < -0.3 is 19.7 Å². The fourth-order valence-electron chi connectivity index (χ4n) is 3.35. The highest BCUT2D eigenvalue weighted by Gasteiger charge is 2.24. The van der Waals surface area contributed by atoms with Gasteiger partial charge in [-0.15, -0.1) is 24.0 Å². The number of nitrogens with zero attached hydrogens (tertiary/aromatic N) is 2. The zero-order valence-corrected chi connectivity index (χ0v) is 17.6. The first-order valence-electron chi connectivity index (χ1n) is 9.03. The molecule has 1 saturated heterocycles. The molecule has 2 rings (SSSR count). The minimum absolute atomic E-state index is 0. The maximum absolute atomic E-state index is 5.66. The van der Waals surface area contributed by atoms with E-state index in [1.807, 2.05) is 7.05 Å². The van der Waals surface area contributed by atoms with Gasteiger partial charge in [0.15, 0.2) is 5.96 Å². The van der Waals surface area contributed by atoms with Gasteiger partial charge in [0, 0.05) is 39.7 Å². The number of halogens is 1. The van der Waals surface area contributed by atoms with Gasteiger partial charge in [0.2, 0.25) is 0 Å². The van der Waals surface area contributed by atoms with Gasteiger partial charge in [-0.3, -0.25) is 4.99 Å². The van der Waals surface area contributed by atoms with E-state index in [0.29, 0.717) is 19.1 Å². The summed E-state index contributed by atoms with van der Waals surface area (Å²) in [4.78, 5) is 6.81. The van der Waals surface area contributed by atoms with Crippen molar-refractivity contribution in [3.8, 4) is 0 Å². The maximum atomic E-state index is 5.66. The van der Waals surface area contributed by atoms with E-state index in [1.54, 1.807) is 12.7 Å². The highest BCUT2D eigenvalue weighted by Crippen LogP contribution is 2.20. The van der Waals surface area contributed by atoms with E-state index in [4.69, 9.17) is 9.47 Å². The number of aliphatic imine (C=N–C) groups is 1. The molecule has 1 heterocycles. The first-order valence-corrected chi connectivity index (χ1v) is 9.03. The van der Waals surface area contributed by atoms with E-state index in [9.17, 15) is 0 Å². The molecule has 0 saturated carbocycles. The molecule has 140 valence electrons. The van der Waals surface area contributed by atoms with E-state index in [0.717, 1.165) is 38.6 Å². The van der Waals surface area contributed by atoms with Crippen molar-refractivity contribution in [3.63, 3.8) is 0 Å². The number of ether oxygens (including phenoxy) is 2. The Morgan fingerprint density at radius 3 is 2.96 bits per heavy atom. The Morgan fingerprint density at radius 2 is 2.25 bits per heavy atom. The van der Waals surface area contributed by atoms with Crippen LogP contribution in [0.25, 0.3) is 0 Å². The van der Waals surface area contributed by atoms with Crippen LogP contribution in [0.4, 0.5) is 0 Å². The second-order valence-electron chi connectivity index (χ2n) is 6.50. The molecule has 6 heteroatoms. The molecular weight excluding hydrogens is 417 g/mol. The summed E-state index contributed by atoms with van der Waals surface area (Å²) in [5, 5.41) is 3.53. The Labute approximate surface area is 164 Å². The quantitative estimate of drug-likeness (QED) is 0.203. The number of allylic oxidation sites excluding steroid dienone is 1. The van der Waals surface area contributed by atoms with Crippen molar-refractivity contribution >= 4 is 29.9 Å². The molecule has 2 aliphatic rings. The minimum Gasteiger partial charge on any atom is -0.382 e. The molecule has 1 fully saturated rings. The first-order chi connectivity index (χ1) is 11.3. The number of nitrogens with one attached hydrogen (secondary N) is 1. The topological polar surface area (TPSA) is 46.1 Å². The fraction of sp³-hybridized carbons (Fsp3) is 0.833. The molecule has 0 aromatic rings. The summed E-state index contributed by atoms with van der Waals surface area (Å²) in [5.41, 5.74) is 1.62. The van der Waals surface area contributed by atoms with Crippen molar-refractivity contribution in [2.45, 2.75) is 38.5 Å². The second-order valence-corrected chi connectivity index (χ2v) is 6.50. The third kappa shape index (κ3) is 7.70. The van der Waals surface area contributed by atoms with E-state index in [-0.39, 0.29) is 24.0 Å². The van der Waals surface area contributed by atoms with Gasteiger partial charge in [-0.1, -0.05) is 11.6 Å². The van der Waals surface area contributed by atoms with E-state index in [1.165, 1.54) is 32.1 Å². The highest BCUT2D eigenvalue weighted by molar-refractivity contribution is 14.0. The molecule has 0 spiro atoms. The van der Waals surface area contributed by atoms with Crippen molar-refractivity contribution in [2.24, 2.45) is 10.9 Å². The average molecular weight is 451 g/mol. The Hall–Kier alpha value is -0.340. The van der Waals surface area contributed by atoms with Gasteiger partial charge in [0.1, 0.15) is 0 Å². The lowest BCUT2D eigenvalue weighted by molar-refractivity contribution is 0.0536. The Balaban J connectivity index is 0.00000288. The summed E-state index contributed by atoms with van der Waals surface area (Å²) in [6.07, 6.45) is 10.0.